The Bertz CT molecular complexity index is 540. The smallest absolute Gasteiger partial charge is 0.323 e. The van der Waals surface area contributed by atoms with E-state index in [-0.39, 0.29) is 12.5 Å². The van der Waals surface area contributed by atoms with E-state index in [9.17, 15) is 9.59 Å². The third-order valence-electron chi connectivity index (χ3n) is 2.80. The molecule has 1 aromatic heterocycles. The Morgan fingerprint density at radius 2 is 2.20 bits per heavy atom. The minimum Gasteiger partial charge on any atom is -0.480 e. The molecule has 0 bridgehead atoms. The number of aliphatic carboxylic acids is 1. The number of carboxylic acids is 1. The lowest BCUT2D eigenvalue weighted by Gasteiger charge is -2.18. The summed E-state index contributed by atoms with van der Waals surface area (Å²) < 4.78 is 1.57. The van der Waals surface area contributed by atoms with Crippen LogP contribution >= 0.6 is 0 Å². The largest absolute Gasteiger partial charge is 0.480 e. The molecule has 6 nitrogen and oxygen atoms in total. The highest BCUT2D eigenvalue weighted by molar-refractivity contribution is 5.94. The van der Waals surface area contributed by atoms with Crippen molar-refractivity contribution in [1.82, 2.24) is 14.7 Å². The van der Waals surface area contributed by atoms with Crippen LogP contribution in [0.4, 0.5) is 0 Å². The van der Waals surface area contributed by atoms with E-state index in [2.05, 4.69) is 11.0 Å². The fourth-order valence-corrected chi connectivity index (χ4v) is 1.77. The van der Waals surface area contributed by atoms with Gasteiger partial charge in [-0.1, -0.05) is 19.8 Å². The molecule has 0 aromatic carbocycles. The number of hydrogen-bond acceptors (Lipinski definition) is 3. The molecular formula is C14H19N3O3. The number of carbonyl (C=O) groups excluding carboxylic acids is 1. The molecular weight excluding hydrogens is 258 g/mol. The van der Waals surface area contributed by atoms with Crippen molar-refractivity contribution in [3.8, 4) is 12.3 Å². The number of terminal acetylenes is 1. The topological polar surface area (TPSA) is 75.4 Å². The second-order valence-corrected chi connectivity index (χ2v) is 4.68. The van der Waals surface area contributed by atoms with Gasteiger partial charge in [-0.05, 0) is 18.9 Å². The van der Waals surface area contributed by atoms with Crippen molar-refractivity contribution in [1.29, 1.82) is 0 Å². The van der Waals surface area contributed by atoms with Gasteiger partial charge in [-0.2, -0.15) is 5.10 Å². The van der Waals surface area contributed by atoms with Gasteiger partial charge in [0.1, 0.15) is 12.2 Å². The second-order valence-electron chi connectivity index (χ2n) is 4.68. The number of aryl methyl sites for hydroxylation is 1. The van der Waals surface area contributed by atoms with Crippen molar-refractivity contribution in [2.24, 2.45) is 0 Å². The number of rotatable bonds is 6. The molecule has 1 aromatic rings. The molecule has 0 spiro atoms. The molecule has 108 valence electrons. The van der Waals surface area contributed by atoms with Crippen LogP contribution in [0.25, 0.3) is 0 Å². The lowest BCUT2D eigenvalue weighted by molar-refractivity contribution is -0.137. The summed E-state index contributed by atoms with van der Waals surface area (Å²) in [5.74, 6) is 0.985. The van der Waals surface area contributed by atoms with Gasteiger partial charge in [-0.25, -0.2) is 0 Å². The van der Waals surface area contributed by atoms with Gasteiger partial charge in [0, 0.05) is 6.54 Å². The molecule has 0 fully saturated rings. The second kappa shape index (κ2) is 6.75. The van der Waals surface area contributed by atoms with Crippen LogP contribution in [0.3, 0.4) is 0 Å². The number of aromatic nitrogens is 2. The van der Waals surface area contributed by atoms with Crippen molar-refractivity contribution in [2.45, 2.75) is 33.2 Å². The van der Waals surface area contributed by atoms with E-state index in [1.54, 1.807) is 10.7 Å². The Morgan fingerprint density at radius 3 is 2.65 bits per heavy atom. The number of carboxylic acid groups (broad SMARTS) is 1. The summed E-state index contributed by atoms with van der Waals surface area (Å²) in [5, 5.41) is 13.2. The zero-order valence-corrected chi connectivity index (χ0v) is 12.0. The summed E-state index contributed by atoms with van der Waals surface area (Å²) in [6.45, 7) is 5.90. The minimum absolute atomic E-state index is 0.0446. The highest BCUT2D eigenvalue weighted by atomic mass is 16.4. The van der Waals surface area contributed by atoms with Gasteiger partial charge in [0.15, 0.2) is 0 Å². The first kappa shape index (κ1) is 15.8. The van der Waals surface area contributed by atoms with Gasteiger partial charge in [-0.15, -0.1) is 6.42 Å². The third kappa shape index (κ3) is 3.60. The predicted octanol–water partition coefficient (Wildman–Crippen LogP) is 1.19. The Balaban J connectivity index is 3.10. The fraction of sp³-hybridized carbons (Fsp3) is 0.500. The van der Waals surface area contributed by atoms with Crippen molar-refractivity contribution in [3.05, 3.63) is 17.5 Å². The van der Waals surface area contributed by atoms with Crippen molar-refractivity contribution in [2.75, 3.05) is 13.1 Å². The Morgan fingerprint density at radius 1 is 1.55 bits per heavy atom. The fourth-order valence-electron chi connectivity index (χ4n) is 1.77. The van der Waals surface area contributed by atoms with E-state index < -0.39 is 18.4 Å². The van der Waals surface area contributed by atoms with Crippen LogP contribution in [0.5, 0.6) is 0 Å². The van der Waals surface area contributed by atoms with Crippen LogP contribution in [0.15, 0.2) is 6.07 Å². The summed E-state index contributed by atoms with van der Waals surface area (Å²) in [5.41, 5.74) is 1.17. The number of nitrogens with zero attached hydrogens (tertiary/aromatic N) is 3. The predicted molar refractivity (Wildman–Crippen MR) is 74.4 cm³/mol. The molecule has 0 atom stereocenters. The maximum atomic E-state index is 12.4. The lowest BCUT2D eigenvalue weighted by Crippen LogP contribution is -2.37. The Kier molecular flexibility index (Phi) is 5.32. The van der Waals surface area contributed by atoms with E-state index in [1.807, 2.05) is 20.8 Å². The molecule has 0 aliphatic carbocycles. The van der Waals surface area contributed by atoms with Gasteiger partial charge in [0.2, 0.25) is 0 Å². The number of hydrogen-bond donors (Lipinski definition) is 1. The molecule has 1 N–H and O–H groups in total. The van der Waals surface area contributed by atoms with Crippen LogP contribution in [-0.2, 0) is 11.3 Å². The average molecular weight is 277 g/mol. The van der Waals surface area contributed by atoms with Gasteiger partial charge in [-0.3, -0.25) is 14.3 Å². The number of amides is 1. The maximum absolute atomic E-state index is 12.4. The standard InChI is InChI=1S/C14H19N3O3/c1-5-7-16(9-13(18)19)14(20)12-8-11(10(3)4)15-17(12)6-2/h1,8,10H,6-7,9H2,2-4H3,(H,18,19). The molecule has 0 radical (unpaired) electrons. The molecule has 1 amide bonds. The average Bonchev–Trinajstić information content (AvgIpc) is 2.81. The van der Waals surface area contributed by atoms with E-state index in [1.165, 1.54) is 0 Å². The van der Waals surface area contributed by atoms with Gasteiger partial charge in [0.25, 0.3) is 5.91 Å². The molecule has 0 aliphatic heterocycles. The van der Waals surface area contributed by atoms with E-state index in [0.29, 0.717) is 12.2 Å². The van der Waals surface area contributed by atoms with Crippen LogP contribution in [-0.4, -0.2) is 44.8 Å². The normalized spacial score (nSPS) is 10.3. The van der Waals surface area contributed by atoms with Gasteiger partial charge in [0.05, 0.1) is 12.2 Å². The quantitative estimate of drug-likeness (QED) is 0.792. The first-order valence-corrected chi connectivity index (χ1v) is 6.42. The molecule has 0 aliphatic rings. The first-order valence-electron chi connectivity index (χ1n) is 6.42. The summed E-state index contributed by atoms with van der Waals surface area (Å²) in [6.07, 6.45) is 5.19. The molecule has 1 rings (SSSR count). The van der Waals surface area contributed by atoms with E-state index in [0.717, 1.165) is 10.6 Å². The maximum Gasteiger partial charge on any atom is 0.323 e. The third-order valence-corrected chi connectivity index (χ3v) is 2.80. The van der Waals surface area contributed by atoms with Gasteiger partial charge < -0.3 is 10.0 Å². The van der Waals surface area contributed by atoms with Crippen LogP contribution < -0.4 is 0 Å². The van der Waals surface area contributed by atoms with E-state index in [4.69, 9.17) is 11.5 Å². The molecule has 0 unspecified atom stereocenters. The highest BCUT2D eigenvalue weighted by Gasteiger charge is 2.22. The van der Waals surface area contributed by atoms with Crippen molar-refractivity contribution in [3.63, 3.8) is 0 Å². The summed E-state index contributed by atoms with van der Waals surface area (Å²) in [4.78, 5) is 24.3. The molecule has 20 heavy (non-hydrogen) atoms. The Hall–Kier alpha value is -2.29. The zero-order valence-electron chi connectivity index (χ0n) is 12.0. The van der Waals surface area contributed by atoms with Crippen molar-refractivity contribution >= 4 is 11.9 Å². The highest BCUT2D eigenvalue weighted by Crippen LogP contribution is 2.16. The lowest BCUT2D eigenvalue weighted by atomic mass is 10.1. The summed E-state index contributed by atoms with van der Waals surface area (Å²) >= 11 is 0. The molecule has 0 saturated carbocycles. The Labute approximate surface area is 118 Å². The SMILES string of the molecule is C#CCN(CC(=O)O)C(=O)c1cc(C(C)C)nn1CC. The molecule has 0 saturated heterocycles. The van der Waals surface area contributed by atoms with Gasteiger partial charge >= 0.3 is 5.97 Å². The minimum atomic E-state index is -1.10. The number of carbonyl (C=O) groups is 2. The molecule has 6 heteroatoms. The van der Waals surface area contributed by atoms with Crippen LogP contribution in [0.2, 0.25) is 0 Å². The first-order chi connectivity index (χ1) is 9.40. The summed E-state index contributed by atoms with van der Waals surface area (Å²) in [7, 11) is 0. The monoisotopic (exact) mass is 277 g/mol. The molecule has 1 heterocycles. The summed E-state index contributed by atoms with van der Waals surface area (Å²) in [6, 6.07) is 1.70. The zero-order chi connectivity index (χ0) is 15.3. The van der Waals surface area contributed by atoms with Crippen LogP contribution in [0, 0.1) is 12.3 Å². The van der Waals surface area contributed by atoms with Crippen molar-refractivity contribution < 1.29 is 14.7 Å². The van der Waals surface area contributed by atoms with E-state index >= 15 is 0 Å². The van der Waals surface area contributed by atoms with Crippen LogP contribution in [0.1, 0.15) is 42.9 Å².